The molecule has 20 heavy (non-hydrogen) atoms. The van der Waals surface area contributed by atoms with Gasteiger partial charge in [-0.3, -0.25) is 0 Å². The molecule has 2 nitrogen and oxygen atoms in total. The summed E-state index contributed by atoms with van der Waals surface area (Å²) < 4.78 is 5.44. The monoisotopic (exact) mass is 271 g/mol. The van der Waals surface area contributed by atoms with Crippen molar-refractivity contribution in [2.45, 2.75) is 44.8 Å². The zero-order chi connectivity index (χ0) is 14.6. The average Bonchev–Trinajstić information content (AvgIpc) is 2.45. The largest absolute Gasteiger partial charge is 0.379 e. The molecule has 0 fully saturated rings. The molecule has 0 amide bonds. The van der Waals surface area contributed by atoms with Crippen molar-refractivity contribution < 1.29 is 4.74 Å². The molecule has 0 radical (unpaired) electrons. The Bertz CT molecular complexity index is 562. The minimum Gasteiger partial charge on any atom is -0.379 e. The highest BCUT2D eigenvalue weighted by Gasteiger charge is 2.17. The molecule has 1 unspecified atom stereocenters. The molecule has 1 atom stereocenters. The van der Waals surface area contributed by atoms with Crippen LogP contribution >= 0.6 is 0 Å². The Kier molecular flexibility index (Phi) is 4.79. The van der Waals surface area contributed by atoms with Gasteiger partial charge in [0.05, 0.1) is 5.60 Å². The molecule has 0 saturated carbocycles. The Labute approximate surface area is 121 Å². The summed E-state index contributed by atoms with van der Waals surface area (Å²) in [5, 5.41) is 2.57. The molecule has 0 bridgehead atoms. The topological polar surface area (TPSA) is 35.2 Å². The fraction of sp³-hybridized carbons (Fsp3) is 0.444. The summed E-state index contributed by atoms with van der Waals surface area (Å²) >= 11 is 0. The summed E-state index contributed by atoms with van der Waals surface area (Å²) in [4.78, 5) is 0. The second-order valence-electron chi connectivity index (χ2n) is 6.15. The van der Waals surface area contributed by atoms with E-state index in [1.165, 1.54) is 16.3 Å². The molecule has 2 N–H and O–H groups in total. The Morgan fingerprint density at radius 1 is 1.10 bits per heavy atom. The quantitative estimate of drug-likeness (QED) is 0.864. The van der Waals surface area contributed by atoms with Crippen molar-refractivity contribution in [1.29, 1.82) is 0 Å². The lowest BCUT2D eigenvalue weighted by atomic mass is 9.95. The van der Waals surface area contributed by atoms with Gasteiger partial charge >= 0.3 is 0 Å². The molecule has 0 saturated heterocycles. The second-order valence-corrected chi connectivity index (χ2v) is 6.15. The molecule has 2 aromatic carbocycles. The van der Waals surface area contributed by atoms with Gasteiger partial charge in [0.15, 0.2) is 0 Å². The van der Waals surface area contributed by atoms with Crippen LogP contribution in [0.1, 0.15) is 32.3 Å². The Morgan fingerprint density at radius 2 is 1.80 bits per heavy atom. The Balaban J connectivity index is 1.97. The van der Waals surface area contributed by atoms with Crippen molar-refractivity contribution in [2.24, 2.45) is 5.73 Å². The molecule has 0 spiro atoms. The van der Waals surface area contributed by atoms with Crippen molar-refractivity contribution in [1.82, 2.24) is 0 Å². The second kappa shape index (κ2) is 6.38. The maximum absolute atomic E-state index is 6.26. The van der Waals surface area contributed by atoms with E-state index >= 15 is 0 Å². The number of ether oxygens (including phenoxy) is 1. The van der Waals surface area contributed by atoms with E-state index in [4.69, 9.17) is 10.5 Å². The van der Waals surface area contributed by atoms with Gasteiger partial charge in [-0.15, -0.1) is 0 Å². The van der Waals surface area contributed by atoms with Crippen LogP contribution in [0.4, 0.5) is 0 Å². The lowest BCUT2D eigenvalue weighted by molar-refractivity contribution is 0.0125. The van der Waals surface area contributed by atoms with E-state index in [0.717, 1.165) is 19.3 Å². The van der Waals surface area contributed by atoms with Crippen LogP contribution in [0.3, 0.4) is 0 Å². The van der Waals surface area contributed by atoms with Gasteiger partial charge in [-0.2, -0.15) is 0 Å². The van der Waals surface area contributed by atoms with E-state index in [0.29, 0.717) is 0 Å². The molecular weight excluding hydrogens is 246 g/mol. The summed E-state index contributed by atoms with van der Waals surface area (Å²) in [5.41, 5.74) is 7.49. The van der Waals surface area contributed by atoms with E-state index in [1.54, 1.807) is 7.11 Å². The van der Waals surface area contributed by atoms with Gasteiger partial charge in [-0.05, 0) is 49.4 Å². The molecule has 0 heterocycles. The first-order valence-corrected chi connectivity index (χ1v) is 7.28. The van der Waals surface area contributed by atoms with Gasteiger partial charge in [-0.1, -0.05) is 42.5 Å². The third-order valence-corrected chi connectivity index (χ3v) is 3.98. The molecule has 2 aromatic rings. The van der Waals surface area contributed by atoms with Crippen molar-refractivity contribution in [3.05, 3.63) is 48.0 Å². The van der Waals surface area contributed by atoms with Gasteiger partial charge in [0.2, 0.25) is 0 Å². The number of hydrogen-bond acceptors (Lipinski definition) is 2. The highest BCUT2D eigenvalue weighted by atomic mass is 16.5. The van der Waals surface area contributed by atoms with Gasteiger partial charge in [-0.25, -0.2) is 0 Å². The summed E-state index contributed by atoms with van der Waals surface area (Å²) in [6.45, 7) is 4.21. The number of rotatable bonds is 6. The highest BCUT2D eigenvalue weighted by molar-refractivity contribution is 5.82. The van der Waals surface area contributed by atoms with Crippen LogP contribution in [0.5, 0.6) is 0 Å². The molecule has 108 valence electrons. The number of methoxy groups -OCH3 is 1. The maximum atomic E-state index is 6.26. The number of fused-ring (bicyclic) bond motifs is 1. The van der Waals surface area contributed by atoms with Crippen molar-refractivity contribution in [3.8, 4) is 0 Å². The lowest BCUT2D eigenvalue weighted by Crippen LogP contribution is -2.29. The molecule has 0 aliphatic carbocycles. The third kappa shape index (κ3) is 4.06. The Hall–Kier alpha value is -1.38. The first-order valence-electron chi connectivity index (χ1n) is 7.28. The van der Waals surface area contributed by atoms with Crippen LogP contribution < -0.4 is 5.73 Å². The smallest absolute Gasteiger partial charge is 0.0623 e. The SMILES string of the molecule is COC(C)(C)CCC(N)Cc1ccc2ccccc2c1. The van der Waals surface area contributed by atoms with Crippen LogP contribution in [-0.2, 0) is 11.2 Å². The normalized spacial score (nSPS) is 13.6. The molecule has 0 aliphatic rings. The fourth-order valence-corrected chi connectivity index (χ4v) is 2.41. The summed E-state index contributed by atoms with van der Waals surface area (Å²) in [6.07, 6.45) is 2.89. The Morgan fingerprint density at radius 3 is 2.50 bits per heavy atom. The molecular formula is C18H25NO. The fourth-order valence-electron chi connectivity index (χ4n) is 2.41. The summed E-state index contributed by atoms with van der Waals surface area (Å²) in [6, 6.07) is 15.2. The lowest BCUT2D eigenvalue weighted by Gasteiger charge is -2.24. The predicted octanol–water partition coefficient (Wildman–Crippen LogP) is 3.91. The van der Waals surface area contributed by atoms with Crippen LogP contribution in [0.15, 0.2) is 42.5 Å². The van der Waals surface area contributed by atoms with Crippen LogP contribution in [0, 0.1) is 0 Å². The molecule has 2 rings (SSSR count). The first kappa shape index (κ1) is 15.0. The average molecular weight is 271 g/mol. The van der Waals surface area contributed by atoms with E-state index in [9.17, 15) is 0 Å². The van der Waals surface area contributed by atoms with E-state index in [-0.39, 0.29) is 11.6 Å². The summed E-state index contributed by atoms with van der Waals surface area (Å²) in [5.74, 6) is 0. The number of hydrogen-bond donors (Lipinski definition) is 1. The standard InChI is InChI=1S/C18H25NO/c1-18(2,20-3)11-10-17(19)13-14-8-9-15-6-4-5-7-16(15)12-14/h4-9,12,17H,10-11,13,19H2,1-3H3. The molecule has 0 aliphatic heterocycles. The summed E-state index contributed by atoms with van der Waals surface area (Å²) in [7, 11) is 1.76. The van der Waals surface area contributed by atoms with Crippen molar-refractivity contribution in [2.75, 3.05) is 7.11 Å². The minimum atomic E-state index is -0.0823. The maximum Gasteiger partial charge on any atom is 0.0623 e. The molecule has 0 aromatic heterocycles. The third-order valence-electron chi connectivity index (χ3n) is 3.98. The number of benzene rings is 2. The van der Waals surface area contributed by atoms with E-state index in [1.807, 2.05) is 0 Å². The van der Waals surface area contributed by atoms with E-state index in [2.05, 4.69) is 56.3 Å². The van der Waals surface area contributed by atoms with Crippen LogP contribution in [0.25, 0.3) is 10.8 Å². The van der Waals surface area contributed by atoms with E-state index < -0.39 is 0 Å². The van der Waals surface area contributed by atoms with Crippen LogP contribution in [0.2, 0.25) is 0 Å². The van der Waals surface area contributed by atoms with Gasteiger partial charge < -0.3 is 10.5 Å². The van der Waals surface area contributed by atoms with Gasteiger partial charge in [0, 0.05) is 13.2 Å². The molecule has 2 heteroatoms. The van der Waals surface area contributed by atoms with Gasteiger partial charge in [0.1, 0.15) is 0 Å². The van der Waals surface area contributed by atoms with Crippen LogP contribution in [-0.4, -0.2) is 18.8 Å². The van der Waals surface area contributed by atoms with Crippen molar-refractivity contribution >= 4 is 10.8 Å². The zero-order valence-electron chi connectivity index (χ0n) is 12.7. The number of nitrogens with two attached hydrogens (primary N) is 1. The van der Waals surface area contributed by atoms with Gasteiger partial charge in [0.25, 0.3) is 0 Å². The highest BCUT2D eigenvalue weighted by Crippen LogP contribution is 2.20. The predicted molar refractivity (Wildman–Crippen MR) is 85.9 cm³/mol. The van der Waals surface area contributed by atoms with Crippen molar-refractivity contribution in [3.63, 3.8) is 0 Å². The zero-order valence-corrected chi connectivity index (χ0v) is 12.7. The minimum absolute atomic E-state index is 0.0823. The first-order chi connectivity index (χ1) is 9.50.